The number of rotatable bonds is 7. The largest absolute Gasteiger partial charge is 0.480 e. The van der Waals surface area contributed by atoms with E-state index in [4.69, 9.17) is 9.84 Å². The second-order valence-corrected chi connectivity index (χ2v) is 3.40. The van der Waals surface area contributed by atoms with Crippen molar-refractivity contribution in [1.29, 1.82) is 0 Å². The van der Waals surface area contributed by atoms with Crippen molar-refractivity contribution >= 4 is 5.97 Å². The predicted molar refractivity (Wildman–Crippen MR) is 55.4 cm³/mol. The maximum absolute atomic E-state index is 10.5. The second kappa shape index (κ2) is 7.53. The van der Waals surface area contributed by atoms with Crippen molar-refractivity contribution in [2.24, 2.45) is 0 Å². The molecular formula is C10H19NO3. The van der Waals surface area contributed by atoms with Crippen LogP contribution in [-0.4, -0.2) is 49.3 Å². The van der Waals surface area contributed by atoms with Crippen LogP contribution in [0.2, 0.25) is 0 Å². The Morgan fingerprint density at radius 1 is 1.50 bits per heavy atom. The molecule has 0 aliphatic rings. The van der Waals surface area contributed by atoms with Gasteiger partial charge in [-0.15, -0.1) is 0 Å². The van der Waals surface area contributed by atoms with Crippen LogP contribution in [0.1, 0.15) is 13.8 Å². The summed E-state index contributed by atoms with van der Waals surface area (Å²) in [4.78, 5) is 12.3. The van der Waals surface area contributed by atoms with Crippen LogP contribution in [0.25, 0.3) is 0 Å². The number of carbonyl (C=O) groups is 1. The molecule has 0 spiro atoms. The van der Waals surface area contributed by atoms with Crippen LogP contribution in [0.5, 0.6) is 0 Å². The number of nitrogens with zero attached hydrogens (tertiary/aromatic N) is 1. The Balaban J connectivity index is 3.96. The number of aliphatic carboxylic acids is 1. The standard InChI is InChI=1S/C10H19NO3/c1-9(2)4-5-11(6-7-14-3)8-10(12)13/h4H,5-8H2,1-3H3,(H,12,13). The molecule has 0 aliphatic carbocycles. The van der Waals surface area contributed by atoms with Gasteiger partial charge >= 0.3 is 5.97 Å². The third kappa shape index (κ3) is 7.76. The molecule has 0 heterocycles. The van der Waals surface area contributed by atoms with E-state index in [0.717, 1.165) is 0 Å². The van der Waals surface area contributed by atoms with Gasteiger partial charge in [0.25, 0.3) is 0 Å². The maximum atomic E-state index is 10.5. The summed E-state index contributed by atoms with van der Waals surface area (Å²) in [5.74, 6) is -0.803. The fraction of sp³-hybridized carbons (Fsp3) is 0.700. The van der Waals surface area contributed by atoms with E-state index in [1.54, 1.807) is 7.11 Å². The second-order valence-electron chi connectivity index (χ2n) is 3.40. The van der Waals surface area contributed by atoms with Crippen LogP contribution < -0.4 is 0 Å². The molecule has 0 radical (unpaired) electrons. The average molecular weight is 201 g/mol. The van der Waals surface area contributed by atoms with Crippen molar-refractivity contribution in [3.8, 4) is 0 Å². The lowest BCUT2D eigenvalue weighted by molar-refractivity contribution is -0.138. The predicted octanol–water partition coefficient (Wildman–Crippen LogP) is 0.986. The molecule has 0 unspecified atom stereocenters. The summed E-state index contributed by atoms with van der Waals surface area (Å²) in [7, 11) is 1.61. The lowest BCUT2D eigenvalue weighted by Gasteiger charge is -2.17. The Kier molecular flexibility index (Phi) is 7.06. The van der Waals surface area contributed by atoms with Crippen LogP contribution in [0.3, 0.4) is 0 Å². The molecular weight excluding hydrogens is 182 g/mol. The molecule has 0 atom stereocenters. The zero-order valence-corrected chi connectivity index (χ0v) is 9.12. The van der Waals surface area contributed by atoms with E-state index in [2.05, 4.69) is 0 Å². The smallest absolute Gasteiger partial charge is 0.317 e. The van der Waals surface area contributed by atoms with Gasteiger partial charge in [0.05, 0.1) is 13.2 Å². The summed E-state index contributed by atoms with van der Waals surface area (Å²) in [5.41, 5.74) is 1.19. The van der Waals surface area contributed by atoms with Crippen molar-refractivity contribution in [2.75, 3.05) is 33.4 Å². The lowest BCUT2D eigenvalue weighted by Crippen LogP contribution is -2.32. The van der Waals surface area contributed by atoms with E-state index in [-0.39, 0.29) is 6.54 Å². The highest BCUT2D eigenvalue weighted by Crippen LogP contribution is 1.94. The van der Waals surface area contributed by atoms with E-state index in [0.29, 0.717) is 19.7 Å². The van der Waals surface area contributed by atoms with Crippen molar-refractivity contribution < 1.29 is 14.6 Å². The molecule has 1 N–H and O–H groups in total. The summed E-state index contributed by atoms with van der Waals surface area (Å²) in [6, 6.07) is 0. The average Bonchev–Trinajstić information content (AvgIpc) is 2.09. The highest BCUT2D eigenvalue weighted by molar-refractivity contribution is 5.69. The number of hydrogen-bond acceptors (Lipinski definition) is 3. The van der Waals surface area contributed by atoms with Crippen LogP contribution in [-0.2, 0) is 9.53 Å². The van der Waals surface area contributed by atoms with Gasteiger partial charge in [-0.2, -0.15) is 0 Å². The topological polar surface area (TPSA) is 49.8 Å². The lowest BCUT2D eigenvalue weighted by atomic mass is 10.3. The van der Waals surface area contributed by atoms with Gasteiger partial charge in [0.1, 0.15) is 0 Å². The van der Waals surface area contributed by atoms with E-state index < -0.39 is 5.97 Å². The summed E-state index contributed by atoms with van der Waals surface area (Å²) < 4.78 is 4.91. The molecule has 14 heavy (non-hydrogen) atoms. The SMILES string of the molecule is COCCN(CC=C(C)C)CC(=O)O. The van der Waals surface area contributed by atoms with Crippen molar-refractivity contribution in [3.63, 3.8) is 0 Å². The molecule has 0 aliphatic heterocycles. The third-order valence-electron chi connectivity index (χ3n) is 1.73. The van der Waals surface area contributed by atoms with Gasteiger partial charge in [0.2, 0.25) is 0 Å². The van der Waals surface area contributed by atoms with E-state index in [1.165, 1.54) is 5.57 Å². The highest BCUT2D eigenvalue weighted by atomic mass is 16.5. The number of carboxylic acid groups (broad SMARTS) is 1. The Morgan fingerprint density at radius 3 is 2.57 bits per heavy atom. The Bertz CT molecular complexity index is 198. The number of ether oxygens (including phenoxy) is 1. The van der Waals surface area contributed by atoms with Gasteiger partial charge in [0, 0.05) is 20.2 Å². The molecule has 0 saturated heterocycles. The zero-order valence-electron chi connectivity index (χ0n) is 9.12. The Labute approximate surface area is 85.2 Å². The van der Waals surface area contributed by atoms with E-state index in [9.17, 15) is 4.79 Å². The van der Waals surface area contributed by atoms with E-state index in [1.807, 2.05) is 24.8 Å². The van der Waals surface area contributed by atoms with Gasteiger partial charge in [-0.25, -0.2) is 0 Å². The zero-order chi connectivity index (χ0) is 11.0. The van der Waals surface area contributed by atoms with Crippen LogP contribution in [0.4, 0.5) is 0 Å². The molecule has 0 amide bonds. The molecule has 0 aromatic heterocycles. The molecule has 0 rings (SSSR count). The van der Waals surface area contributed by atoms with Crippen LogP contribution in [0, 0.1) is 0 Å². The summed E-state index contributed by atoms with van der Waals surface area (Å²) in [5, 5.41) is 8.65. The van der Waals surface area contributed by atoms with E-state index >= 15 is 0 Å². The first-order valence-electron chi connectivity index (χ1n) is 4.62. The summed E-state index contributed by atoms with van der Waals surface area (Å²) in [6.07, 6.45) is 2.01. The minimum absolute atomic E-state index is 0.0626. The first kappa shape index (κ1) is 13.1. The van der Waals surface area contributed by atoms with Gasteiger partial charge in [0.15, 0.2) is 0 Å². The van der Waals surface area contributed by atoms with Gasteiger partial charge in [-0.3, -0.25) is 9.69 Å². The minimum atomic E-state index is -0.803. The first-order valence-corrected chi connectivity index (χ1v) is 4.62. The normalized spacial score (nSPS) is 10.3. The van der Waals surface area contributed by atoms with Crippen molar-refractivity contribution in [2.45, 2.75) is 13.8 Å². The molecule has 82 valence electrons. The maximum Gasteiger partial charge on any atom is 0.317 e. The highest BCUT2D eigenvalue weighted by Gasteiger charge is 2.07. The molecule has 4 nitrogen and oxygen atoms in total. The van der Waals surface area contributed by atoms with Crippen LogP contribution >= 0.6 is 0 Å². The number of carboxylic acids is 1. The van der Waals surface area contributed by atoms with Gasteiger partial charge in [-0.1, -0.05) is 11.6 Å². The van der Waals surface area contributed by atoms with Crippen LogP contribution in [0.15, 0.2) is 11.6 Å². The summed E-state index contributed by atoms with van der Waals surface area (Å²) in [6.45, 7) is 5.92. The molecule has 4 heteroatoms. The molecule has 0 bridgehead atoms. The van der Waals surface area contributed by atoms with Crippen molar-refractivity contribution in [3.05, 3.63) is 11.6 Å². The Morgan fingerprint density at radius 2 is 2.14 bits per heavy atom. The third-order valence-corrected chi connectivity index (χ3v) is 1.73. The fourth-order valence-corrected chi connectivity index (χ4v) is 0.958. The molecule has 0 aromatic rings. The van der Waals surface area contributed by atoms with Gasteiger partial charge in [-0.05, 0) is 13.8 Å². The monoisotopic (exact) mass is 201 g/mol. The van der Waals surface area contributed by atoms with Gasteiger partial charge < -0.3 is 9.84 Å². The summed E-state index contributed by atoms with van der Waals surface area (Å²) >= 11 is 0. The molecule has 0 saturated carbocycles. The number of allylic oxidation sites excluding steroid dienone is 1. The number of methoxy groups -OCH3 is 1. The van der Waals surface area contributed by atoms with Crippen molar-refractivity contribution in [1.82, 2.24) is 4.90 Å². The molecule has 0 aromatic carbocycles. The minimum Gasteiger partial charge on any atom is -0.480 e. The number of hydrogen-bond donors (Lipinski definition) is 1. The quantitative estimate of drug-likeness (QED) is 0.624. The molecule has 0 fully saturated rings. The first-order chi connectivity index (χ1) is 6.56. The Hall–Kier alpha value is -0.870. The fourth-order valence-electron chi connectivity index (χ4n) is 0.958.